The molecule has 0 aromatic rings. The van der Waals surface area contributed by atoms with Crippen LogP contribution in [0.4, 0.5) is 0 Å². The van der Waals surface area contributed by atoms with Gasteiger partial charge in [-0.05, 0) is 20.3 Å². The average Bonchev–Trinajstić information content (AvgIpc) is 2.13. The number of esters is 1. The fourth-order valence-electron chi connectivity index (χ4n) is 0.636. The maximum atomic E-state index is 11.0. The van der Waals surface area contributed by atoms with Crippen LogP contribution in [0, 0.1) is 0 Å². The number of allylic oxidation sites excluding steroid dienone is 1. The molecular weight excluding hydrogens is 172 g/mol. The summed E-state index contributed by atoms with van der Waals surface area (Å²) in [6.45, 7) is 3.20. The van der Waals surface area contributed by atoms with Crippen LogP contribution in [0.1, 0.15) is 20.3 Å². The van der Waals surface area contributed by atoms with Crippen LogP contribution >= 0.6 is 0 Å². The summed E-state index contributed by atoms with van der Waals surface area (Å²) >= 11 is 0. The standard InChI is InChI=1S/C9H16O4/c1-3-7(2)9(12)13-6-8(11)4-5-10/h3,8,10-11H,4-6H2,1-2H3. The van der Waals surface area contributed by atoms with Crippen molar-refractivity contribution < 1.29 is 19.7 Å². The third-order valence-electron chi connectivity index (χ3n) is 1.62. The molecule has 0 saturated carbocycles. The van der Waals surface area contributed by atoms with Crippen molar-refractivity contribution in [2.45, 2.75) is 26.4 Å². The minimum absolute atomic E-state index is 0.0649. The Morgan fingerprint density at radius 2 is 2.23 bits per heavy atom. The van der Waals surface area contributed by atoms with Crippen LogP contribution in [-0.2, 0) is 9.53 Å². The van der Waals surface area contributed by atoms with E-state index in [1.807, 2.05) is 0 Å². The van der Waals surface area contributed by atoms with Gasteiger partial charge in [-0.3, -0.25) is 0 Å². The van der Waals surface area contributed by atoms with Gasteiger partial charge in [0, 0.05) is 12.2 Å². The van der Waals surface area contributed by atoms with Crippen molar-refractivity contribution in [1.82, 2.24) is 0 Å². The largest absolute Gasteiger partial charge is 0.460 e. The minimum Gasteiger partial charge on any atom is -0.460 e. The molecule has 4 heteroatoms. The van der Waals surface area contributed by atoms with Gasteiger partial charge in [0.25, 0.3) is 0 Å². The summed E-state index contributed by atoms with van der Waals surface area (Å²) in [5, 5.41) is 17.5. The molecule has 0 radical (unpaired) electrons. The zero-order valence-corrected chi connectivity index (χ0v) is 7.99. The van der Waals surface area contributed by atoms with Crippen molar-refractivity contribution >= 4 is 5.97 Å². The van der Waals surface area contributed by atoms with E-state index in [2.05, 4.69) is 0 Å². The Bertz CT molecular complexity index is 186. The minimum atomic E-state index is -0.779. The van der Waals surface area contributed by atoms with Gasteiger partial charge in [-0.15, -0.1) is 0 Å². The van der Waals surface area contributed by atoms with Crippen molar-refractivity contribution in [3.05, 3.63) is 11.6 Å². The average molecular weight is 188 g/mol. The number of aliphatic hydroxyl groups excluding tert-OH is 2. The maximum Gasteiger partial charge on any atom is 0.333 e. The molecule has 0 spiro atoms. The summed E-state index contributed by atoms with van der Waals surface area (Å²) in [5.74, 6) is -0.431. The van der Waals surface area contributed by atoms with Gasteiger partial charge in [0.2, 0.25) is 0 Å². The van der Waals surface area contributed by atoms with Crippen LogP contribution in [0.2, 0.25) is 0 Å². The molecule has 0 amide bonds. The van der Waals surface area contributed by atoms with Crippen LogP contribution in [0.3, 0.4) is 0 Å². The molecule has 1 unspecified atom stereocenters. The molecule has 76 valence electrons. The van der Waals surface area contributed by atoms with Crippen molar-refractivity contribution in [2.24, 2.45) is 0 Å². The molecule has 13 heavy (non-hydrogen) atoms. The highest BCUT2D eigenvalue weighted by Gasteiger charge is 2.08. The van der Waals surface area contributed by atoms with E-state index in [0.29, 0.717) is 5.57 Å². The van der Waals surface area contributed by atoms with E-state index < -0.39 is 12.1 Å². The summed E-state index contributed by atoms with van der Waals surface area (Å²) in [7, 11) is 0. The first-order valence-corrected chi connectivity index (χ1v) is 4.20. The van der Waals surface area contributed by atoms with Crippen molar-refractivity contribution in [1.29, 1.82) is 0 Å². The fourth-order valence-corrected chi connectivity index (χ4v) is 0.636. The summed E-state index contributed by atoms with van der Waals surface area (Å²) in [5.41, 5.74) is 0.510. The molecule has 0 aliphatic rings. The van der Waals surface area contributed by atoms with Gasteiger partial charge in [0.1, 0.15) is 6.61 Å². The number of ether oxygens (including phenoxy) is 1. The third kappa shape index (κ3) is 5.38. The lowest BCUT2D eigenvalue weighted by molar-refractivity contribution is -0.142. The van der Waals surface area contributed by atoms with Crippen LogP contribution in [0.25, 0.3) is 0 Å². The third-order valence-corrected chi connectivity index (χ3v) is 1.62. The predicted molar refractivity (Wildman–Crippen MR) is 48.1 cm³/mol. The van der Waals surface area contributed by atoms with E-state index >= 15 is 0 Å². The highest BCUT2D eigenvalue weighted by Crippen LogP contribution is 1.98. The molecule has 0 rings (SSSR count). The first-order chi connectivity index (χ1) is 6.11. The van der Waals surface area contributed by atoms with Gasteiger partial charge in [-0.1, -0.05) is 6.08 Å². The van der Waals surface area contributed by atoms with Gasteiger partial charge in [-0.2, -0.15) is 0 Å². The lowest BCUT2D eigenvalue weighted by Crippen LogP contribution is -2.20. The van der Waals surface area contributed by atoms with Crippen LogP contribution in [-0.4, -0.2) is 35.5 Å². The first kappa shape index (κ1) is 12.1. The maximum absolute atomic E-state index is 11.0. The monoisotopic (exact) mass is 188 g/mol. The highest BCUT2D eigenvalue weighted by molar-refractivity contribution is 5.87. The summed E-state index contributed by atoms with van der Waals surface area (Å²) in [4.78, 5) is 11.0. The molecule has 0 saturated heterocycles. The van der Waals surface area contributed by atoms with E-state index in [1.54, 1.807) is 19.9 Å². The number of hydrogen-bond donors (Lipinski definition) is 2. The molecule has 4 nitrogen and oxygen atoms in total. The van der Waals surface area contributed by atoms with Crippen LogP contribution in [0.15, 0.2) is 11.6 Å². The molecule has 0 bridgehead atoms. The zero-order valence-electron chi connectivity index (χ0n) is 7.99. The predicted octanol–water partition coefficient (Wildman–Crippen LogP) is 0.239. The summed E-state index contributed by atoms with van der Waals surface area (Å²) < 4.78 is 4.74. The zero-order chi connectivity index (χ0) is 10.3. The van der Waals surface area contributed by atoms with Crippen LogP contribution in [0.5, 0.6) is 0 Å². The number of aliphatic hydroxyl groups is 2. The molecule has 0 aromatic carbocycles. The van der Waals surface area contributed by atoms with Gasteiger partial charge < -0.3 is 14.9 Å². The molecule has 0 aliphatic heterocycles. The Balaban J connectivity index is 3.70. The first-order valence-electron chi connectivity index (χ1n) is 4.20. The Kier molecular flexibility index (Phi) is 6.18. The number of hydrogen-bond acceptors (Lipinski definition) is 4. The molecule has 1 atom stereocenters. The summed E-state index contributed by atoms with van der Waals surface area (Å²) in [6, 6.07) is 0. The quantitative estimate of drug-likeness (QED) is 0.479. The molecule has 2 N–H and O–H groups in total. The second kappa shape index (κ2) is 6.62. The van der Waals surface area contributed by atoms with E-state index in [1.165, 1.54) is 0 Å². The van der Waals surface area contributed by atoms with Crippen molar-refractivity contribution in [3.63, 3.8) is 0 Å². The van der Waals surface area contributed by atoms with Gasteiger partial charge >= 0.3 is 5.97 Å². The Morgan fingerprint density at radius 1 is 1.62 bits per heavy atom. The molecule has 0 heterocycles. The smallest absolute Gasteiger partial charge is 0.333 e. The molecular formula is C9H16O4. The number of carbonyl (C=O) groups excluding carboxylic acids is 1. The van der Waals surface area contributed by atoms with Crippen LogP contribution < -0.4 is 0 Å². The normalized spacial score (nSPS) is 14.0. The lowest BCUT2D eigenvalue weighted by atomic mass is 10.3. The van der Waals surface area contributed by atoms with Gasteiger partial charge in [0.15, 0.2) is 0 Å². The SMILES string of the molecule is CC=C(C)C(=O)OCC(O)CCO. The van der Waals surface area contributed by atoms with E-state index in [-0.39, 0.29) is 19.6 Å². The van der Waals surface area contributed by atoms with Gasteiger partial charge in [0.05, 0.1) is 6.10 Å². The summed E-state index contributed by atoms with van der Waals surface area (Å²) in [6.07, 6.45) is 1.08. The Hall–Kier alpha value is -0.870. The molecule has 0 fully saturated rings. The Labute approximate surface area is 77.8 Å². The highest BCUT2D eigenvalue weighted by atomic mass is 16.5. The van der Waals surface area contributed by atoms with E-state index in [0.717, 1.165) is 0 Å². The van der Waals surface area contributed by atoms with Crippen molar-refractivity contribution in [3.8, 4) is 0 Å². The van der Waals surface area contributed by atoms with Crippen molar-refractivity contribution in [2.75, 3.05) is 13.2 Å². The topological polar surface area (TPSA) is 66.8 Å². The second-order valence-electron chi connectivity index (χ2n) is 2.74. The lowest BCUT2D eigenvalue weighted by Gasteiger charge is -2.09. The van der Waals surface area contributed by atoms with E-state index in [9.17, 15) is 4.79 Å². The Morgan fingerprint density at radius 3 is 2.69 bits per heavy atom. The van der Waals surface area contributed by atoms with E-state index in [4.69, 9.17) is 14.9 Å². The number of rotatable bonds is 5. The second-order valence-corrected chi connectivity index (χ2v) is 2.74. The fraction of sp³-hybridized carbons (Fsp3) is 0.667. The van der Waals surface area contributed by atoms with Gasteiger partial charge in [-0.25, -0.2) is 4.79 Å². The number of carbonyl (C=O) groups is 1. The molecule has 0 aliphatic carbocycles. The molecule has 0 aromatic heterocycles.